The highest BCUT2D eigenvalue weighted by molar-refractivity contribution is 6.13. The minimum Gasteiger partial charge on any atom is -0.369 e. The lowest BCUT2D eigenvalue weighted by molar-refractivity contribution is -0.123. The number of aromatic nitrogens is 1. The van der Waals surface area contributed by atoms with Crippen molar-refractivity contribution in [3.8, 4) is 0 Å². The van der Waals surface area contributed by atoms with Gasteiger partial charge in [-0.1, -0.05) is 36.4 Å². The lowest BCUT2D eigenvalue weighted by Crippen LogP contribution is -2.47. The Morgan fingerprint density at radius 2 is 1.46 bits per heavy atom. The maximum atomic E-state index is 13.4. The molecule has 1 atom stereocenters. The van der Waals surface area contributed by atoms with Crippen LogP contribution >= 0.6 is 0 Å². The molecule has 1 fully saturated rings. The molecule has 5 heteroatoms. The lowest BCUT2D eigenvalue weighted by Gasteiger charge is -2.34. The summed E-state index contributed by atoms with van der Waals surface area (Å²) < 4.78 is 1.84. The van der Waals surface area contributed by atoms with Crippen molar-refractivity contribution in [2.45, 2.75) is 25.8 Å². The second-order valence-electron chi connectivity index (χ2n) is 7.10. The Morgan fingerprint density at radius 3 is 1.96 bits per heavy atom. The number of hydrogen-bond acceptors (Lipinski definition) is 3. The maximum absolute atomic E-state index is 13.4. The Morgan fingerprint density at radius 1 is 0.962 bits per heavy atom. The van der Waals surface area contributed by atoms with Crippen molar-refractivity contribution in [1.82, 2.24) is 9.47 Å². The number of piperidine rings is 1. The summed E-state index contributed by atoms with van der Waals surface area (Å²) in [6, 6.07) is 15.8. The van der Waals surface area contributed by atoms with E-state index in [1.54, 1.807) is 0 Å². The van der Waals surface area contributed by atoms with E-state index in [9.17, 15) is 9.59 Å². The first-order chi connectivity index (χ1) is 12.6. The number of nitrogens with two attached hydrogens (primary N) is 1. The number of fused-ring (bicyclic) bond motifs is 3. The van der Waals surface area contributed by atoms with Crippen LogP contribution in [0.2, 0.25) is 0 Å². The Labute approximate surface area is 152 Å². The third-order valence-corrected chi connectivity index (χ3v) is 5.64. The number of carbonyl (C=O) groups excluding carboxylic acids is 2. The van der Waals surface area contributed by atoms with E-state index in [0.717, 1.165) is 47.7 Å². The summed E-state index contributed by atoms with van der Waals surface area (Å²) in [7, 11) is 0. The fraction of sp³-hybridized carbons (Fsp3) is 0.333. The third kappa shape index (κ3) is 2.69. The number of amides is 1. The molecule has 1 aliphatic rings. The zero-order valence-corrected chi connectivity index (χ0v) is 14.9. The van der Waals surface area contributed by atoms with Crippen LogP contribution in [0, 0.1) is 5.92 Å². The van der Waals surface area contributed by atoms with E-state index in [2.05, 4.69) is 17.0 Å². The van der Waals surface area contributed by atoms with Crippen molar-refractivity contribution in [3.63, 3.8) is 0 Å². The van der Waals surface area contributed by atoms with Crippen molar-refractivity contribution in [1.29, 1.82) is 0 Å². The van der Waals surface area contributed by atoms with Crippen LogP contribution in [-0.2, 0) is 4.79 Å². The third-order valence-electron chi connectivity index (χ3n) is 5.64. The summed E-state index contributed by atoms with van der Waals surface area (Å²) in [6.45, 7) is 3.39. The Balaban J connectivity index is 1.69. The standard InChI is InChI=1S/C21H23N3O2/c1-14(23-12-10-15(11-13-23)20(22)25)21(26)24-18-8-4-2-6-16(18)17-7-3-5-9-19(17)24/h2-9,14-15H,10-13H2,1H3,(H2,22,25). The van der Waals surface area contributed by atoms with E-state index >= 15 is 0 Å². The summed E-state index contributed by atoms with van der Waals surface area (Å²) in [5.74, 6) is -0.229. The first-order valence-electron chi connectivity index (χ1n) is 9.13. The Kier molecular flexibility index (Phi) is 4.24. The second-order valence-corrected chi connectivity index (χ2v) is 7.10. The maximum Gasteiger partial charge on any atom is 0.248 e. The molecule has 1 unspecified atom stereocenters. The number of primary amides is 1. The molecule has 1 aromatic heterocycles. The zero-order chi connectivity index (χ0) is 18.3. The summed E-state index contributed by atoms with van der Waals surface area (Å²) in [5.41, 5.74) is 7.31. The number of para-hydroxylation sites is 2. The van der Waals surface area contributed by atoms with Crippen LogP contribution in [0.5, 0.6) is 0 Å². The van der Waals surface area contributed by atoms with Crippen LogP contribution in [0.4, 0.5) is 0 Å². The van der Waals surface area contributed by atoms with Gasteiger partial charge in [0.15, 0.2) is 0 Å². The molecule has 2 aromatic carbocycles. The zero-order valence-electron chi connectivity index (χ0n) is 14.9. The molecule has 4 rings (SSSR count). The fourth-order valence-corrected chi connectivity index (χ4v) is 4.07. The second kappa shape index (κ2) is 6.57. The lowest BCUT2D eigenvalue weighted by atomic mass is 9.95. The van der Waals surface area contributed by atoms with Gasteiger partial charge in [-0.25, -0.2) is 0 Å². The van der Waals surface area contributed by atoms with E-state index in [-0.39, 0.29) is 23.8 Å². The van der Waals surface area contributed by atoms with Gasteiger partial charge in [-0.05, 0) is 45.0 Å². The van der Waals surface area contributed by atoms with Crippen LogP contribution in [0.1, 0.15) is 24.6 Å². The van der Waals surface area contributed by atoms with Crippen molar-refractivity contribution in [2.24, 2.45) is 11.7 Å². The highest BCUT2D eigenvalue weighted by Crippen LogP contribution is 2.29. The first-order valence-corrected chi connectivity index (χ1v) is 9.13. The van der Waals surface area contributed by atoms with Gasteiger partial charge in [-0.3, -0.25) is 19.1 Å². The van der Waals surface area contributed by atoms with Crippen molar-refractivity contribution in [2.75, 3.05) is 13.1 Å². The van der Waals surface area contributed by atoms with Gasteiger partial charge in [-0.15, -0.1) is 0 Å². The largest absolute Gasteiger partial charge is 0.369 e. The minimum absolute atomic E-state index is 0.0678. The summed E-state index contributed by atoms with van der Waals surface area (Å²) in [6.07, 6.45) is 1.44. The predicted molar refractivity (Wildman–Crippen MR) is 103 cm³/mol. The Bertz CT molecular complexity index is 930. The van der Waals surface area contributed by atoms with Gasteiger partial charge in [0.1, 0.15) is 0 Å². The summed E-state index contributed by atoms with van der Waals surface area (Å²) in [4.78, 5) is 26.9. The number of nitrogens with zero attached hydrogens (tertiary/aromatic N) is 2. The van der Waals surface area contributed by atoms with Gasteiger partial charge in [0, 0.05) is 16.7 Å². The van der Waals surface area contributed by atoms with Gasteiger partial charge in [-0.2, -0.15) is 0 Å². The molecular formula is C21H23N3O2. The topological polar surface area (TPSA) is 68.3 Å². The molecule has 1 amide bonds. The van der Waals surface area contributed by atoms with Gasteiger partial charge < -0.3 is 5.73 Å². The van der Waals surface area contributed by atoms with E-state index in [1.165, 1.54) is 0 Å². The monoisotopic (exact) mass is 349 g/mol. The molecule has 0 bridgehead atoms. The molecule has 26 heavy (non-hydrogen) atoms. The van der Waals surface area contributed by atoms with E-state index in [1.807, 2.05) is 47.9 Å². The summed E-state index contributed by atoms with van der Waals surface area (Å²) >= 11 is 0. The van der Waals surface area contributed by atoms with Gasteiger partial charge >= 0.3 is 0 Å². The fourth-order valence-electron chi connectivity index (χ4n) is 4.07. The van der Waals surface area contributed by atoms with Crippen molar-refractivity contribution >= 4 is 33.6 Å². The normalized spacial score (nSPS) is 17.6. The molecule has 0 spiro atoms. The molecule has 0 aliphatic carbocycles. The molecular weight excluding hydrogens is 326 g/mol. The average Bonchev–Trinajstić information content (AvgIpc) is 3.01. The number of likely N-dealkylation sites (tertiary alicyclic amines) is 1. The van der Waals surface area contributed by atoms with E-state index < -0.39 is 0 Å². The molecule has 1 aliphatic heterocycles. The molecule has 5 nitrogen and oxygen atoms in total. The molecule has 1 saturated heterocycles. The SMILES string of the molecule is CC(C(=O)n1c2ccccc2c2ccccc21)N1CCC(C(N)=O)CC1. The van der Waals surface area contributed by atoms with Gasteiger partial charge in [0.05, 0.1) is 17.1 Å². The van der Waals surface area contributed by atoms with E-state index in [0.29, 0.717) is 0 Å². The first kappa shape index (κ1) is 16.8. The van der Waals surface area contributed by atoms with Crippen LogP contribution in [0.15, 0.2) is 48.5 Å². The summed E-state index contributed by atoms with van der Waals surface area (Å²) in [5, 5.41) is 2.19. The van der Waals surface area contributed by atoms with Crippen LogP contribution < -0.4 is 5.73 Å². The van der Waals surface area contributed by atoms with Gasteiger partial charge in [0.25, 0.3) is 0 Å². The quantitative estimate of drug-likeness (QED) is 0.790. The molecule has 2 heterocycles. The van der Waals surface area contributed by atoms with E-state index in [4.69, 9.17) is 5.73 Å². The molecule has 3 aromatic rings. The van der Waals surface area contributed by atoms with Crippen LogP contribution in [-0.4, -0.2) is 40.4 Å². The van der Waals surface area contributed by atoms with Crippen molar-refractivity contribution in [3.05, 3.63) is 48.5 Å². The molecule has 0 radical (unpaired) electrons. The molecule has 134 valence electrons. The number of benzene rings is 2. The highest BCUT2D eigenvalue weighted by atomic mass is 16.2. The number of carbonyl (C=O) groups is 2. The van der Waals surface area contributed by atoms with Crippen molar-refractivity contribution < 1.29 is 9.59 Å². The Hall–Kier alpha value is -2.66. The number of hydrogen-bond donors (Lipinski definition) is 1. The minimum atomic E-state index is -0.247. The highest BCUT2D eigenvalue weighted by Gasteiger charge is 2.30. The molecule has 2 N–H and O–H groups in total. The van der Waals surface area contributed by atoms with Crippen LogP contribution in [0.3, 0.4) is 0 Å². The average molecular weight is 349 g/mol. The van der Waals surface area contributed by atoms with Gasteiger partial charge in [0.2, 0.25) is 11.8 Å². The van der Waals surface area contributed by atoms with Crippen LogP contribution in [0.25, 0.3) is 21.8 Å². The number of rotatable bonds is 3. The smallest absolute Gasteiger partial charge is 0.248 e. The molecule has 0 saturated carbocycles. The predicted octanol–water partition coefficient (Wildman–Crippen LogP) is 3.02.